The third-order valence-corrected chi connectivity index (χ3v) is 3.82. The Morgan fingerprint density at radius 1 is 1.04 bits per heavy atom. The second-order valence-electron chi connectivity index (χ2n) is 5.91. The second kappa shape index (κ2) is 12.4. The first-order valence-electron chi connectivity index (χ1n) is 8.02. The molecule has 25 heavy (non-hydrogen) atoms. The molecule has 0 radical (unpaired) electrons. The van der Waals surface area contributed by atoms with Crippen molar-refractivity contribution in [3.8, 4) is 5.75 Å². The van der Waals surface area contributed by atoms with Gasteiger partial charge in [-0.1, -0.05) is 35.9 Å². The number of hydrogen-bond donors (Lipinski definition) is 2. The highest BCUT2D eigenvalue weighted by Gasteiger charge is 2.04. The average Bonchev–Trinajstić information content (AvgIpc) is 2.49. The van der Waals surface area contributed by atoms with E-state index in [4.69, 9.17) is 22.1 Å². The van der Waals surface area contributed by atoms with E-state index in [-0.39, 0.29) is 31.0 Å². The molecule has 0 aliphatic heterocycles. The lowest BCUT2D eigenvalue weighted by atomic mass is 10.1. The van der Waals surface area contributed by atoms with Crippen LogP contribution in [0.4, 0.5) is 0 Å². The van der Waals surface area contributed by atoms with Crippen LogP contribution in [0.15, 0.2) is 48.5 Å². The van der Waals surface area contributed by atoms with Gasteiger partial charge in [0.05, 0.1) is 0 Å². The van der Waals surface area contributed by atoms with Crippen molar-refractivity contribution in [1.82, 2.24) is 5.32 Å². The molecule has 2 aromatic rings. The summed E-state index contributed by atoms with van der Waals surface area (Å²) in [6.07, 6.45) is 1.67. The summed E-state index contributed by atoms with van der Waals surface area (Å²) >= 11 is 6.00. The fourth-order valence-corrected chi connectivity index (χ4v) is 2.71. The van der Waals surface area contributed by atoms with Crippen molar-refractivity contribution in [2.75, 3.05) is 6.54 Å². The molecule has 0 heterocycles. The second-order valence-corrected chi connectivity index (χ2v) is 6.34. The molecule has 140 valence electrons. The number of halogens is 3. The number of benzene rings is 2. The summed E-state index contributed by atoms with van der Waals surface area (Å²) in [5.74, 6) is 0.810. The predicted molar refractivity (Wildman–Crippen MR) is 112 cm³/mol. The van der Waals surface area contributed by atoms with Crippen molar-refractivity contribution >= 4 is 36.4 Å². The molecule has 2 aromatic carbocycles. The molecule has 0 saturated heterocycles. The molecule has 2 atom stereocenters. The maximum atomic E-state index is 6.00. The molecule has 0 aromatic heterocycles. The number of ether oxygens (including phenoxy) is 1. The van der Waals surface area contributed by atoms with Gasteiger partial charge in [0, 0.05) is 11.1 Å². The van der Waals surface area contributed by atoms with E-state index in [2.05, 4.69) is 30.4 Å². The Morgan fingerprint density at radius 3 is 2.32 bits per heavy atom. The maximum absolute atomic E-state index is 6.00. The van der Waals surface area contributed by atoms with Gasteiger partial charge in [-0.2, -0.15) is 0 Å². The molecule has 3 nitrogen and oxygen atoms in total. The van der Waals surface area contributed by atoms with Gasteiger partial charge >= 0.3 is 0 Å². The number of hydrogen-bond acceptors (Lipinski definition) is 3. The lowest BCUT2D eigenvalue weighted by molar-refractivity contribution is 0.230. The van der Waals surface area contributed by atoms with Crippen molar-refractivity contribution in [3.63, 3.8) is 0 Å². The molecule has 2 rings (SSSR count). The molecular weight excluding hydrogens is 379 g/mol. The monoisotopic (exact) mass is 404 g/mol. The minimum Gasteiger partial charge on any atom is -0.476 e. The Balaban J connectivity index is 0.00000288. The summed E-state index contributed by atoms with van der Waals surface area (Å²) in [5.41, 5.74) is 8.16. The highest BCUT2D eigenvalue weighted by molar-refractivity contribution is 6.30. The van der Waals surface area contributed by atoms with Crippen LogP contribution in [0.2, 0.25) is 5.02 Å². The maximum Gasteiger partial charge on any atom is 0.144 e. The molecule has 0 aliphatic carbocycles. The van der Waals surface area contributed by atoms with E-state index in [0.29, 0.717) is 6.04 Å². The lowest BCUT2D eigenvalue weighted by Crippen LogP contribution is -2.30. The van der Waals surface area contributed by atoms with E-state index in [1.807, 2.05) is 37.3 Å². The molecule has 3 N–H and O–H groups in total. The van der Waals surface area contributed by atoms with Crippen LogP contribution in [0.3, 0.4) is 0 Å². The molecule has 2 unspecified atom stereocenters. The number of nitrogens with two attached hydrogens (primary N) is 1. The standard InChI is InChI=1S/C19H25ClN2O.2ClH/c1-14(22-11-10-16-4-3-5-18(20)13-16)12-17-6-8-19(9-7-17)23-15(2)21;;/h3-9,13-15,22H,10-12,21H2,1-2H3;2*1H. The Bertz CT molecular complexity index is 606. The summed E-state index contributed by atoms with van der Waals surface area (Å²) in [5, 5.41) is 4.35. The summed E-state index contributed by atoms with van der Waals surface area (Å²) in [4.78, 5) is 0. The Labute approximate surface area is 168 Å². The van der Waals surface area contributed by atoms with Crippen molar-refractivity contribution < 1.29 is 4.74 Å². The van der Waals surface area contributed by atoms with Crippen LogP contribution in [0.5, 0.6) is 5.75 Å². The van der Waals surface area contributed by atoms with Crippen LogP contribution >= 0.6 is 36.4 Å². The zero-order chi connectivity index (χ0) is 16.7. The molecule has 0 amide bonds. The normalized spacial score (nSPS) is 12.5. The molecule has 0 spiro atoms. The minimum atomic E-state index is -0.284. The van der Waals surface area contributed by atoms with Crippen LogP contribution in [0.25, 0.3) is 0 Å². The third-order valence-electron chi connectivity index (χ3n) is 3.58. The summed E-state index contributed by atoms with van der Waals surface area (Å²) in [7, 11) is 0. The van der Waals surface area contributed by atoms with Gasteiger partial charge in [0.1, 0.15) is 12.0 Å². The van der Waals surface area contributed by atoms with Crippen molar-refractivity contribution in [2.45, 2.75) is 39.0 Å². The molecular formula is C19H27Cl3N2O. The van der Waals surface area contributed by atoms with Crippen molar-refractivity contribution in [2.24, 2.45) is 5.73 Å². The Morgan fingerprint density at radius 2 is 1.72 bits per heavy atom. The molecule has 0 aliphatic rings. The zero-order valence-electron chi connectivity index (χ0n) is 14.6. The fraction of sp³-hybridized carbons (Fsp3) is 0.368. The summed E-state index contributed by atoms with van der Waals surface area (Å²) < 4.78 is 5.45. The quantitative estimate of drug-likeness (QED) is 0.629. The van der Waals surface area contributed by atoms with E-state index in [1.54, 1.807) is 0 Å². The van der Waals surface area contributed by atoms with Gasteiger partial charge < -0.3 is 10.1 Å². The fourth-order valence-electron chi connectivity index (χ4n) is 2.50. The van der Waals surface area contributed by atoms with Crippen molar-refractivity contribution in [1.29, 1.82) is 0 Å². The van der Waals surface area contributed by atoms with E-state index in [1.165, 1.54) is 11.1 Å². The zero-order valence-corrected chi connectivity index (χ0v) is 17.0. The van der Waals surface area contributed by atoms with Crippen LogP contribution in [0, 0.1) is 0 Å². The van der Waals surface area contributed by atoms with Crippen LogP contribution < -0.4 is 15.8 Å². The third kappa shape index (κ3) is 9.34. The highest BCUT2D eigenvalue weighted by Crippen LogP contribution is 2.14. The van der Waals surface area contributed by atoms with Crippen molar-refractivity contribution in [3.05, 3.63) is 64.7 Å². The lowest BCUT2D eigenvalue weighted by Gasteiger charge is -2.15. The first-order valence-corrected chi connectivity index (χ1v) is 8.40. The smallest absolute Gasteiger partial charge is 0.144 e. The minimum absolute atomic E-state index is 0. The molecule has 0 bridgehead atoms. The van der Waals surface area contributed by atoms with Gasteiger partial charge in [-0.25, -0.2) is 0 Å². The first kappa shape index (κ1) is 24.0. The topological polar surface area (TPSA) is 47.3 Å². The van der Waals surface area contributed by atoms with Gasteiger partial charge in [-0.3, -0.25) is 5.73 Å². The largest absolute Gasteiger partial charge is 0.476 e. The molecule has 6 heteroatoms. The van der Waals surface area contributed by atoms with Gasteiger partial charge in [-0.15, -0.1) is 24.8 Å². The highest BCUT2D eigenvalue weighted by atomic mass is 35.5. The van der Waals surface area contributed by atoms with E-state index < -0.39 is 0 Å². The van der Waals surface area contributed by atoms with Gasteiger partial charge in [0.2, 0.25) is 0 Å². The number of rotatable bonds is 8. The van der Waals surface area contributed by atoms with E-state index >= 15 is 0 Å². The van der Waals surface area contributed by atoms with Crippen LogP contribution in [-0.2, 0) is 12.8 Å². The van der Waals surface area contributed by atoms with Gasteiger partial charge in [0.15, 0.2) is 0 Å². The summed E-state index contributed by atoms with van der Waals surface area (Å²) in [6.45, 7) is 4.96. The SMILES string of the molecule is CC(Cc1ccc(OC(C)N)cc1)NCCc1cccc(Cl)c1.Cl.Cl. The molecule has 0 saturated carbocycles. The van der Waals surface area contributed by atoms with Gasteiger partial charge in [-0.05, 0) is 68.6 Å². The number of nitrogens with one attached hydrogen (secondary N) is 1. The summed E-state index contributed by atoms with van der Waals surface area (Å²) in [6, 6.07) is 16.6. The van der Waals surface area contributed by atoms with Crippen LogP contribution in [0.1, 0.15) is 25.0 Å². The van der Waals surface area contributed by atoms with Crippen LogP contribution in [-0.4, -0.2) is 18.8 Å². The van der Waals surface area contributed by atoms with E-state index in [9.17, 15) is 0 Å². The van der Waals surface area contributed by atoms with E-state index in [0.717, 1.165) is 30.2 Å². The van der Waals surface area contributed by atoms with Gasteiger partial charge in [0.25, 0.3) is 0 Å². The molecule has 0 fully saturated rings. The Hall–Kier alpha value is -0.970. The first-order chi connectivity index (χ1) is 11.0. The predicted octanol–water partition coefficient (Wildman–Crippen LogP) is 4.63. The average molecular weight is 406 g/mol. The Kier molecular flexibility index (Phi) is 11.9.